The molecule has 0 radical (unpaired) electrons. The highest BCUT2D eigenvalue weighted by molar-refractivity contribution is 7.15. The second kappa shape index (κ2) is 8.43. The minimum Gasteiger partial charge on any atom is -0.508 e. The monoisotopic (exact) mass is 403 g/mol. The zero-order valence-electron chi connectivity index (χ0n) is 15.6. The summed E-state index contributed by atoms with van der Waals surface area (Å²) in [6, 6.07) is 4.38. The van der Waals surface area contributed by atoms with Gasteiger partial charge in [-0.15, -0.1) is 11.3 Å². The molecule has 1 aliphatic rings. The van der Waals surface area contributed by atoms with E-state index in [-0.39, 0.29) is 17.9 Å². The third-order valence-corrected chi connectivity index (χ3v) is 5.26. The number of carbonyl (C=O) groups is 3. The van der Waals surface area contributed by atoms with Gasteiger partial charge < -0.3 is 19.9 Å². The average Bonchev–Trinajstić information content (AvgIpc) is 3.42. The number of aryl methyl sites for hydroxylation is 1. The van der Waals surface area contributed by atoms with E-state index in [1.54, 1.807) is 19.9 Å². The van der Waals surface area contributed by atoms with Gasteiger partial charge in [0.05, 0.1) is 17.7 Å². The number of benzene rings is 1. The lowest BCUT2D eigenvalue weighted by molar-refractivity contribution is -0.119. The summed E-state index contributed by atoms with van der Waals surface area (Å²) >= 11 is 1.25. The molecule has 2 N–H and O–H groups in total. The molecule has 0 unspecified atom stereocenters. The first-order valence-electron chi connectivity index (χ1n) is 8.95. The molecule has 2 aromatic rings. The van der Waals surface area contributed by atoms with Gasteiger partial charge in [0.25, 0.3) is 5.91 Å². The first kappa shape index (κ1) is 19.9. The number of nitrogens with one attached hydrogen (secondary N) is 1. The van der Waals surface area contributed by atoms with Crippen molar-refractivity contribution in [2.24, 2.45) is 0 Å². The minimum atomic E-state index is -0.721. The number of carbonyl (C=O) groups excluding carboxylic acids is 3. The van der Waals surface area contributed by atoms with Crippen LogP contribution in [0.5, 0.6) is 5.75 Å². The molecular formula is C20H21NO6S. The van der Waals surface area contributed by atoms with Crippen molar-refractivity contribution in [3.63, 3.8) is 0 Å². The van der Waals surface area contributed by atoms with Gasteiger partial charge in [-0.1, -0.05) is 6.07 Å². The Bertz CT molecular complexity index is 915. The van der Waals surface area contributed by atoms with E-state index in [4.69, 9.17) is 9.47 Å². The van der Waals surface area contributed by atoms with Gasteiger partial charge in [-0.3, -0.25) is 4.79 Å². The fourth-order valence-corrected chi connectivity index (χ4v) is 3.73. The Morgan fingerprint density at radius 3 is 2.61 bits per heavy atom. The number of rotatable bonds is 7. The molecule has 1 saturated carbocycles. The summed E-state index contributed by atoms with van der Waals surface area (Å²) in [5.74, 6) is -1.44. The standard InChI is InChI=1S/C20H21NO6S/c1-3-26-20(25)17-14(12-6-7-12)10-28-18(17)21-16(23)9-27-19(24)13-5-4-11(2)15(22)8-13/h4-5,8,10,12,22H,3,6-7,9H2,1-2H3,(H,21,23). The van der Waals surface area contributed by atoms with Gasteiger partial charge >= 0.3 is 11.9 Å². The summed E-state index contributed by atoms with van der Waals surface area (Å²) in [4.78, 5) is 36.6. The lowest BCUT2D eigenvalue weighted by atomic mass is 10.1. The van der Waals surface area contributed by atoms with Crippen molar-refractivity contribution in [1.29, 1.82) is 0 Å². The molecule has 8 heteroatoms. The smallest absolute Gasteiger partial charge is 0.341 e. The van der Waals surface area contributed by atoms with E-state index < -0.39 is 24.5 Å². The number of phenols is 1. The van der Waals surface area contributed by atoms with E-state index >= 15 is 0 Å². The highest BCUT2D eigenvalue weighted by atomic mass is 32.1. The summed E-state index contributed by atoms with van der Waals surface area (Å²) in [5, 5.41) is 14.6. The van der Waals surface area contributed by atoms with E-state index in [2.05, 4.69) is 5.32 Å². The predicted octanol–water partition coefficient (Wildman–Crippen LogP) is 3.61. The molecule has 148 valence electrons. The second-order valence-corrected chi connectivity index (χ2v) is 7.40. The van der Waals surface area contributed by atoms with E-state index in [0.717, 1.165) is 18.4 Å². The van der Waals surface area contributed by atoms with Crippen LogP contribution in [0.2, 0.25) is 0 Å². The molecule has 0 saturated heterocycles. The molecule has 1 amide bonds. The molecule has 1 fully saturated rings. The molecule has 3 rings (SSSR count). The molecule has 0 bridgehead atoms. The fourth-order valence-electron chi connectivity index (χ4n) is 2.69. The molecule has 1 heterocycles. The lowest BCUT2D eigenvalue weighted by Crippen LogP contribution is -2.22. The van der Waals surface area contributed by atoms with Crippen molar-refractivity contribution in [1.82, 2.24) is 0 Å². The summed E-state index contributed by atoms with van der Waals surface area (Å²) in [7, 11) is 0. The van der Waals surface area contributed by atoms with Crippen molar-refractivity contribution in [3.8, 4) is 5.75 Å². The molecule has 0 spiro atoms. The largest absolute Gasteiger partial charge is 0.508 e. The van der Waals surface area contributed by atoms with Crippen LogP contribution in [0.15, 0.2) is 23.6 Å². The Labute approximate surface area is 166 Å². The Morgan fingerprint density at radius 1 is 1.21 bits per heavy atom. The van der Waals surface area contributed by atoms with E-state index in [1.807, 2.05) is 5.38 Å². The maximum Gasteiger partial charge on any atom is 0.341 e. The number of aromatic hydroxyl groups is 1. The number of amides is 1. The Kier molecular flexibility index (Phi) is 5.99. The quantitative estimate of drug-likeness (QED) is 0.685. The van der Waals surface area contributed by atoms with Gasteiger partial charge in [0.15, 0.2) is 6.61 Å². The topological polar surface area (TPSA) is 102 Å². The van der Waals surface area contributed by atoms with Gasteiger partial charge in [-0.05, 0) is 61.2 Å². The summed E-state index contributed by atoms with van der Waals surface area (Å²) < 4.78 is 10.1. The van der Waals surface area contributed by atoms with E-state index in [0.29, 0.717) is 22.0 Å². The number of phenolic OH excluding ortho intramolecular Hbond substituents is 1. The SMILES string of the molecule is CCOC(=O)c1c(C2CC2)csc1NC(=O)COC(=O)c1ccc(C)c(O)c1. The van der Waals surface area contributed by atoms with E-state index in [9.17, 15) is 19.5 Å². The molecule has 28 heavy (non-hydrogen) atoms. The third kappa shape index (κ3) is 4.51. The predicted molar refractivity (Wildman–Crippen MR) is 104 cm³/mol. The van der Waals surface area contributed by atoms with Crippen LogP contribution in [-0.4, -0.2) is 36.2 Å². The summed E-state index contributed by atoms with van der Waals surface area (Å²) in [6.07, 6.45) is 2.02. The molecule has 0 atom stereocenters. The normalized spacial score (nSPS) is 13.1. The van der Waals surface area contributed by atoms with Crippen molar-refractivity contribution in [2.75, 3.05) is 18.5 Å². The minimum absolute atomic E-state index is 0.0239. The van der Waals surface area contributed by atoms with Crippen molar-refractivity contribution in [2.45, 2.75) is 32.6 Å². The Morgan fingerprint density at radius 2 is 1.96 bits per heavy atom. The first-order chi connectivity index (χ1) is 13.4. The average molecular weight is 403 g/mol. The first-order valence-corrected chi connectivity index (χ1v) is 9.83. The number of anilines is 1. The fraction of sp³-hybridized carbons (Fsp3) is 0.350. The lowest BCUT2D eigenvalue weighted by Gasteiger charge is -2.09. The van der Waals surface area contributed by atoms with Crippen LogP contribution in [0.1, 0.15) is 57.5 Å². The van der Waals surface area contributed by atoms with Gasteiger partial charge in [0, 0.05) is 0 Å². The number of hydrogen-bond donors (Lipinski definition) is 2. The van der Waals surface area contributed by atoms with Gasteiger partial charge in [-0.25, -0.2) is 9.59 Å². The number of esters is 2. The maximum atomic E-state index is 12.3. The molecule has 0 aliphatic heterocycles. The number of ether oxygens (including phenoxy) is 2. The van der Waals surface area contributed by atoms with Crippen LogP contribution in [0, 0.1) is 6.92 Å². The molecule has 1 aromatic carbocycles. The van der Waals surface area contributed by atoms with Crippen LogP contribution in [-0.2, 0) is 14.3 Å². The van der Waals surface area contributed by atoms with Crippen molar-refractivity contribution >= 4 is 34.2 Å². The number of thiophene rings is 1. The van der Waals surface area contributed by atoms with Gasteiger partial charge in [-0.2, -0.15) is 0 Å². The molecule has 1 aliphatic carbocycles. The highest BCUT2D eigenvalue weighted by Gasteiger charge is 2.32. The van der Waals surface area contributed by atoms with Gasteiger partial charge in [0.2, 0.25) is 0 Å². The Hall–Kier alpha value is -2.87. The zero-order valence-corrected chi connectivity index (χ0v) is 16.4. The molecule has 1 aromatic heterocycles. The van der Waals surface area contributed by atoms with Gasteiger partial charge in [0.1, 0.15) is 10.8 Å². The highest BCUT2D eigenvalue weighted by Crippen LogP contribution is 2.46. The van der Waals surface area contributed by atoms with Crippen LogP contribution in [0.4, 0.5) is 5.00 Å². The van der Waals surface area contributed by atoms with Crippen molar-refractivity contribution < 1.29 is 29.0 Å². The molecular weight excluding hydrogens is 382 g/mol. The maximum absolute atomic E-state index is 12.3. The summed E-state index contributed by atoms with van der Waals surface area (Å²) in [6.45, 7) is 3.16. The zero-order chi connectivity index (χ0) is 20.3. The van der Waals surface area contributed by atoms with Crippen LogP contribution < -0.4 is 5.32 Å². The second-order valence-electron chi connectivity index (χ2n) is 6.52. The van der Waals surface area contributed by atoms with Crippen LogP contribution in [0.3, 0.4) is 0 Å². The van der Waals surface area contributed by atoms with E-state index in [1.165, 1.54) is 23.5 Å². The number of hydrogen-bond acceptors (Lipinski definition) is 7. The Balaban J connectivity index is 1.64. The molecule has 7 nitrogen and oxygen atoms in total. The third-order valence-electron chi connectivity index (χ3n) is 4.35. The van der Waals surface area contributed by atoms with Crippen LogP contribution in [0.25, 0.3) is 0 Å². The van der Waals surface area contributed by atoms with Crippen molar-refractivity contribution in [3.05, 3.63) is 45.8 Å². The summed E-state index contributed by atoms with van der Waals surface area (Å²) in [5.41, 5.74) is 2.06. The van der Waals surface area contributed by atoms with Crippen LogP contribution >= 0.6 is 11.3 Å².